The lowest BCUT2D eigenvalue weighted by molar-refractivity contribution is -0.134. The van der Waals surface area contributed by atoms with Crippen molar-refractivity contribution in [3.05, 3.63) is 29.8 Å². The molecule has 1 aromatic rings. The van der Waals surface area contributed by atoms with Crippen molar-refractivity contribution in [3.63, 3.8) is 0 Å². The smallest absolute Gasteiger partial charge is 0.124 e. The summed E-state index contributed by atoms with van der Waals surface area (Å²) >= 11 is 0. The van der Waals surface area contributed by atoms with E-state index in [2.05, 4.69) is 6.07 Å². The lowest BCUT2D eigenvalue weighted by atomic mass is 9.71. The first kappa shape index (κ1) is 11.1. The van der Waals surface area contributed by atoms with E-state index >= 15 is 0 Å². The summed E-state index contributed by atoms with van der Waals surface area (Å²) < 4.78 is 11.8. The highest BCUT2D eigenvalue weighted by atomic mass is 16.5. The molecule has 1 aromatic carbocycles. The molecule has 0 amide bonds. The van der Waals surface area contributed by atoms with Crippen LogP contribution in [0.5, 0.6) is 5.75 Å². The Labute approximate surface area is 102 Å². The van der Waals surface area contributed by atoms with E-state index in [1.54, 1.807) is 0 Å². The van der Waals surface area contributed by atoms with E-state index in [0.717, 1.165) is 37.2 Å². The Morgan fingerprint density at radius 3 is 2.88 bits per heavy atom. The predicted molar refractivity (Wildman–Crippen MR) is 66.0 cm³/mol. The lowest BCUT2D eigenvalue weighted by Crippen LogP contribution is -2.55. The first-order valence-electron chi connectivity index (χ1n) is 6.37. The van der Waals surface area contributed by atoms with Gasteiger partial charge in [-0.2, -0.15) is 0 Å². The van der Waals surface area contributed by atoms with Gasteiger partial charge in [0.25, 0.3) is 0 Å². The van der Waals surface area contributed by atoms with Crippen LogP contribution in [0.2, 0.25) is 0 Å². The first-order chi connectivity index (χ1) is 8.22. The van der Waals surface area contributed by atoms with Gasteiger partial charge in [0.05, 0.1) is 6.10 Å². The molecule has 1 saturated carbocycles. The van der Waals surface area contributed by atoms with E-state index in [9.17, 15) is 0 Å². The fraction of sp³-hybridized carbons (Fsp3) is 0.571. The van der Waals surface area contributed by atoms with Crippen molar-refractivity contribution in [2.24, 2.45) is 5.73 Å². The van der Waals surface area contributed by atoms with Crippen LogP contribution >= 0.6 is 0 Å². The molecule has 3 rings (SSSR count). The number of hydrogen-bond acceptors (Lipinski definition) is 3. The van der Waals surface area contributed by atoms with Crippen molar-refractivity contribution in [2.75, 3.05) is 6.61 Å². The third-order valence-electron chi connectivity index (χ3n) is 3.84. The van der Waals surface area contributed by atoms with Gasteiger partial charge in [0.15, 0.2) is 0 Å². The average Bonchev–Trinajstić information content (AvgIpc) is 2.27. The fourth-order valence-electron chi connectivity index (χ4n) is 3.04. The molecule has 1 aliphatic heterocycles. The summed E-state index contributed by atoms with van der Waals surface area (Å²) in [6.45, 7) is 2.82. The van der Waals surface area contributed by atoms with Crippen LogP contribution in [0.15, 0.2) is 24.3 Å². The molecule has 1 unspecified atom stereocenters. The summed E-state index contributed by atoms with van der Waals surface area (Å²) in [6, 6.07) is 8.20. The van der Waals surface area contributed by atoms with Crippen LogP contribution in [0.4, 0.5) is 0 Å². The Bertz CT molecular complexity index is 412. The molecular formula is C14H19NO2. The monoisotopic (exact) mass is 233 g/mol. The van der Waals surface area contributed by atoms with Gasteiger partial charge in [0, 0.05) is 37.5 Å². The molecule has 17 heavy (non-hydrogen) atoms. The number of nitrogens with two attached hydrogens (primary N) is 1. The van der Waals surface area contributed by atoms with Gasteiger partial charge in [-0.1, -0.05) is 18.2 Å². The van der Waals surface area contributed by atoms with Gasteiger partial charge in [-0.3, -0.25) is 0 Å². The van der Waals surface area contributed by atoms with Gasteiger partial charge in [-0.05, 0) is 13.0 Å². The fourth-order valence-corrected chi connectivity index (χ4v) is 3.04. The minimum absolute atomic E-state index is 0.0619. The highest BCUT2D eigenvalue weighted by Crippen LogP contribution is 2.48. The first-order valence-corrected chi connectivity index (χ1v) is 6.37. The summed E-state index contributed by atoms with van der Waals surface area (Å²) in [5.41, 5.74) is 7.31. The van der Waals surface area contributed by atoms with Crippen molar-refractivity contribution in [1.29, 1.82) is 0 Å². The molecule has 0 aromatic heterocycles. The normalized spacial score (nSPS) is 34.9. The maximum atomic E-state index is 6.23. The Morgan fingerprint density at radius 1 is 1.35 bits per heavy atom. The summed E-state index contributed by atoms with van der Waals surface area (Å²) in [5.74, 6) is 0.959. The SMILES string of the molecule is CCOC1CC2(C1)CC(N)c1ccccc1O2. The summed E-state index contributed by atoms with van der Waals surface area (Å²) in [5, 5.41) is 0. The van der Waals surface area contributed by atoms with Crippen LogP contribution < -0.4 is 10.5 Å². The molecule has 0 radical (unpaired) electrons. The summed E-state index contributed by atoms with van der Waals surface area (Å²) in [6.07, 6.45) is 3.22. The topological polar surface area (TPSA) is 44.5 Å². The second-order valence-corrected chi connectivity index (χ2v) is 5.12. The Kier molecular flexibility index (Phi) is 2.60. The molecule has 1 atom stereocenters. The van der Waals surface area contributed by atoms with E-state index in [0.29, 0.717) is 6.10 Å². The van der Waals surface area contributed by atoms with Crippen LogP contribution in [-0.2, 0) is 4.74 Å². The van der Waals surface area contributed by atoms with Crippen LogP contribution in [-0.4, -0.2) is 18.3 Å². The Hall–Kier alpha value is -1.06. The Morgan fingerprint density at radius 2 is 2.12 bits per heavy atom. The van der Waals surface area contributed by atoms with Gasteiger partial charge >= 0.3 is 0 Å². The molecule has 0 saturated heterocycles. The molecule has 1 aliphatic carbocycles. The molecule has 3 nitrogen and oxygen atoms in total. The second kappa shape index (κ2) is 4.00. The number of hydrogen-bond donors (Lipinski definition) is 1. The third kappa shape index (κ3) is 1.83. The largest absolute Gasteiger partial charge is 0.487 e. The summed E-state index contributed by atoms with van der Waals surface area (Å²) in [4.78, 5) is 0. The minimum atomic E-state index is -0.0619. The van der Waals surface area contributed by atoms with Gasteiger partial charge < -0.3 is 15.2 Å². The number of rotatable bonds is 2. The molecule has 1 heterocycles. The zero-order valence-corrected chi connectivity index (χ0v) is 10.2. The number of ether oxygens (including phenoxy) is 2. The zero-order chi connectivity index (χ0) is 11.9. The summed E-state index contributed by atoms with van der Waals surface area (Å²) in [7, 11) is 0. The molecule has 0 bridgehead atoms. The molecule has 3 heteroatoms. The maximum Gasteiger partial charge on any atom is 0.124 e. The number of para-hydroxylation sites is 1. The van der Waals surface area contributed by atoms with Crippen molar-refractivity contribution >= 4 is 0 Å². The lowest BCUT2D eigenvalue weighted by Gasteiger charge is -2.50. The van der Waals surface area contributed by atoms with E-state index in [-0.39, 0.29) is 11.6 Å². The third-order valence-corrected chi connectivity index (χ3v) is 3.84. The van der Waals surface area contributed by atoms with E-state index in [1.807, 2.05) is 25.1 Å². The van der Waals surface area contributed by atoms with E-state index in [1.165, 1.54) is 0 Å². The Balaban J connectivity index is 1.77. The number of benzene rings is 1. The molecular weight excluding hydrogens is 214 g/mol. The standard InChI is InChI=1S/C14H19NO2/c1-2-16-10-7-14(8-10)9-12(15)11-5-3-4-6-13(11)17-14/h3-6,10,12H,2,7-9,15H2,1H3. The zero-order valence-electron chi connectivity index (χ0n) is 10.2. The van der Waals surface area contributed by atoms with Crippen LogP contribution in [0.1, 0.15) is 37.8 Å². The van der Waals surface area contributed by atoms with Gasteiger partial charge in [0.2, 0.25) is 0 Å². The molecule has 2 aliphatic rings. The van der Waals surface area contributed by atoms with Crippen molar-refractivity contribution in [2.45, 2.75) is 43.9 Å². The van der Waals surface area contributed by atoms with Crippen LogP contribution in [0.3, 0.4) is 0 Å². The molecule has 92 valence electrons. The van der Waals surface area contributed by atoms with E-state index < -0.39 is 0 Å². The van der Waals surface area contributed by atoms with Gasteiger partial charge in [-0.25, -0.2) is 0 Å². The molecule has 1 fully saturated rings. The van der Waals surface area contributed by atoms with E-state index in [4.69, 9.17) is 15.2 Å². The molecule has 1 spiro atoms. The van der Waals surface area contributed by atoms with Crippen molar-refractivity contribution < 1.29 is 9.47 Å². The minimum Gasteiger partial charge on any atom is -0.487 e. The van der Waals surface area contributed by atoms with Crippen LogP contribution in [0.25, 0.3) is 0 Å². The highest BCUT2D eigenvalue weighted by Gasteiger charge is 2.50. The van der Waals surface area contributed by atoms with Gasteiger partial charge in [-0.15, -0.1) is 0 Å². The van der Waals surface area contributed by atoms with Crippen LogP contribution in [0, 0.1) is 0 Å². The predicted octanol–water partition coefficient (Wildman–Crippen LogP) is 2.41. The maximum absolute atomic E-state index is 6.23. The van der Waals surface area contributed by atoms with Crippen molar-refractivity contribution in [1.82, 2.24) is 0 Å². The molecule has 2 N–H and O–H groups in total. The second-order valence-electron chi connectivity index (χ2n) is 5.12. The van der Waals surface area contributed by atoms with Crippen molar-refractivity contribution in [3.8, 4) is 5.75 Å². The highest BCUT2D eigenvalue weighted by molar-refractivity contribution is 5.39. The average molecular weight is 233 g/mol. The van der Waals surface area contributed by atoms with Gasteiger partial charge in [0.1, 0.15) is 11.4 Å². The quantitative estimate of drug-likeness (QED) is 0.853. The number of fused-ring (bicyclic) bond motifs is 1.